The Morgan fingerprint density at radius 1 is 1.32 bits per heavy atom. The molecule has 0 spiro atoms. The van der Waals surface area contributed by atoms with Crippen molar-refractivity contribution in [3.8, 4) is 0 Å². The lowest BCUT2D eigenvalue weighted by Crippen LogP contribution is -2.40. The van der Waals surface area contributed by atoms with Gasteiger partial charge in [0.1, 0.15) is 0 Å². The zero-order valence-electron chi connectivity index (χ0n) is 12.8. The molecular weight excluding hydrogens is 406 g/mol. The van der Waals surface area contributed by atoms with Crippen LogP contribution in [0.25, 0.3) is 0 Å². The van der Waals surface area contributed by atoms with Gasteiger partial charge in [-0.25, -0.2) is 0 Å². The predicted molar refractivity (Wildman–Crippen MR) is 92.4 cm³/mol. The highest BCUT2D eigenvalue weighted by Crippen LogP contribution is 2.30. The van der Waals surface area contributed by atoms with Crippen LogP contribution in [0.2, 0.25) is 0 Å². The molecule has 1 aromatic rings. The minimum Gasteiger partial charge on any atom is -0.353 e. The molecule has 0 amide bonds. The van der Waals surface area contributed by atoms with Gasteiger partial charge in [-0.15, -0.1) is 24.0 Å². The lowest BCUT2D eigenvalue weighted by Gasteiger charge is -2.22. The Balaban J connectivity index is 0.00000242. The highest BCUT2D eigenvalue weighted by atomic mass is 127. The first-order valence-corrected chi connectivity index (χ1v) is 6.92. The number of benzene rings is 1. The normalized spacial score (nSPS) is 21.1. The smallest absolute Gasteiger partial charge is 0.353 e. The van der Waals surface area contributed by atoms with Gasteiger partial charge in [-0.3, -0.25) is 4.99 Å². The topological polar surface area (TPSA) is 27.6 Å². The van der Waals surface area contributed by atoms with Gasteiger partial charge in [0.2, 0.25) is 0 Å². The first-order chi connectivity index (χ1) is 9.81. The van der Waals surface area contributed by atoms with Gasteiger partial charge in [0, 0.05) is 26.7 Å². The van der Waals surface area contributed by atoms with Gasteiger partial charge >= 0.3 is 6.18 Å². The lowest BCUT2D eigenvalue weighted by atomic mass is 10.1. The molecule has 0 radical (unpaired) electrons. The maximum absolute atomic E-state index is 12.5. The molecule has 2 rings (SSSR count). The lowest BCUT2D eigenvalue weighted by molar-refractivity contribution is -0.137. The van der Waals surface area contributed by atoms with Crippen LogP contribution in [0.4, 0.5) is 13.2 Å². The monoisotopic (exact) mass is 427 g/mol. The zero-order chi connectivity index (χ0) is 15.6. The number of nitrogens with one attached hydrogen (secondary N) is 1. The van der Waals surface area contributed by atoms with Crippen LogP contribution in [0.3, 0.4) is 0 Å². The summed E-state index contributed by atoms with van der Waals surface area (Å²) in [6.07, 6.45) is -3.16. The van der Waals surface area contributed by atoms with Gasteiger partial charge in [-0.1, -0.05) is 19.1 Å². The van der Waals surface area contributed by atoms with Crippen LogP contribution in [0, 0.1) is 5.92 Å². The molecule has 1 N–H and O–H groups in total. The summed E-state index contributed by atoms with van der Waals surface area (Å²) in [6.45, 7) is 2.68. The number of hydrogen-bond donors (Lipinski definition) is 1. The number of rotatable bonds is 3. The summed E-state index contributed by atoms with van der Waals surface area (Å²) in [6, 6.07) is 5.70. The third-order valence-corrected chi connectivity index (χ3v) is 3.70. The Kier molecular flexibility index (Phi) is 6.51. The Hall–Kier alpha value is -0.990. The standard InChI is InChI=1S/C15H20F3N3.HI/c1-10-8-13(10)20-14(19-2)21(3)9-11-4-6-12(7-5-11)15(16,17)18;/h4-7,10,13H,8-9H2,1-3H3,(H,19,20);1H. The number of guanidine groups is 1. The average Bonchev–Trinajstić information content (AvgIpc) is 3.11. The summed E-state index contributed by atoms with van der Waals surface area (Å²) in [4.78, 5) is 6.12. The Morgan fingerprint density at radius 2 is 1.86 bits per heavy atom. The van der Waals surface area contributed by atoms with Crippen molar-refractivity contribution >= 4 is 29.9 Å². The highest BCUT2D eigenvalue weighted by Gasteiger charge is 2.34. The molecule has 1 fully saturated rings. The molecule has 0 aliphatic heterocycles. The number of halogens is 4. The van der Waals surface area contributed by atoms with Gasteiger partial charge in [0.05, 0.1) is 5.56 Å². The number of alkyl halides is 3. The third kappa shape index (κ3) is 5.03. The molecule has 1 aromatic carbocycles. The number of hydrogen-bond acceptors (Lipinski definition) is 1. The quantitative estimate of drug-likeness (QED) is 0.452. The fourth-order valence-corrected chi connectivity index (χ4v) is 2.18. The number of aliphatic imine (C=N–C) groups is 1. The van der Waals surface area contributed by atoms with E-state index >= 15 is 0 Å². The van der Waals surface area contributed by atoms with Crippen LogP contribution >= 0.6 is 24.0 Å². The summed E-state index contributed by atoms with van der Waals surface area (Å²) >= 11 is 0. The highest BCUT2D eigenvalue weighted by molar-refractivity contribution is 14.0. The van der Waals surface area contributed by atoms with E-state index in [1.54, 1.807) is 7.05 Å². The summed E-state index contributed by atoms with van der Waals surface area (Å²) in [5.74, 6) is 1.42. The first kappa shape index (κ1) is 19.1. The second-order valence-electron chi connectivity index (χ2n) is 5.56. The van der Waals surface area contributed by atoms with Gasteiger partial charge < -0.3 is 10.2 Å². The molecule has 0 heterocycles. The van der Waals surface area contributed by atoms with Crippen molar-refractivity contribution in [1.82, 2.24) is 10.2 Å². The fraction of sp³-hybridized carbons (Fsp3) is 0.533. The molecule has 1 saturated carbocycles. The van der Waals surface area contributed by atoms with Gasteiger partial charge in [0.15, 0.2) is 5.96 Å². The fourth-order valence-electron chi connectivity index (χ4n) is 2.18. The second-order valence-corrected chi connectivity index (χ2v) is 5.56. The third-order valence-electron chi connectivity index (χ3n) is 3.70. The van der Waals surface area contributed by atoms with E-state index in [4.69, 9.17) is 0 Å². The maximum Gasteiger partial charge on any atom is 0.416 e. The molecule has 7 heteroatoms. The SMILES string of the molecule is CN=C(NC1CC1C)N(C)Cc1ccc(C(F)(F)F)cc1.I. The summed E-state index contributed by atoms with van der Waals surface area (Å²) < 4.78 is 37.5. The van der Waals surface area contributed by atoms with Gasteiger partial charge in [-0.05, 0) is 30.0 Å². The van der Waals surface area contributed by atoms with Crippen molar-refractivity contribution < 1.29 is 13.2 Å². The van der Waals surface area contributed by atoms with E-state index in [-0.39, 0.29) is 24.0 Å². The largest absolute Gasteiger partial charge is 0.416 e. The minimum atomic E-state index is -4.29. The molecule has 1 aliphatic carbocycles. The van der Waals surface area contributed by atoms with E-state index in [1.807, 2.05) is 11.9 Å². The van der Waals surface area contributed by atoms with Crippen LogP contribution in [0.5, 0.6) is 0 Å². The van der Waals surface area contributed by atoms with E-state index in [1.165, 1.54) is 12.1 Å². The molecule has 1 aliphatic rings. The van der Waals surface area contributed by atoms with E-state index in [2.05, 4.69) is 17.2 Å². The van der Waals surface area contributed by atoms with Crippen LogP contribution in [-0.4, -0.2) is 31.0 Å². The Labute approximate surface area is 146 Å². The van der Waals surface area contributed by atoms with Gasteiger partial charge in [-0.2, -0.15) is 13.2 Å². The van der Waals surface area contributed by atoms with E-state index < -0.39 is 11.7 Å². The minimum absolute atomic E-state index is 0. The van der Waals surface area contributed by atoms with E-state index in [0.29, 0.717) is 18.5 Å². The molecule has 2 unspecified atom stereocenters. The molecule has 0 saturated heterocycles. The molecule has 0 bridgehead atoms. The van der Waals surface area contributed by atoms with E-state index in [0.717, 1.165) is 30.1 Å². The molecular formula is C15H21F3IN3. The molecule has 0 aromatic heterocycles. The maximum atomic E-state index is 12.5. The Morgan fingerprint density at radius 3 is 2.27 bits per heavy atom. The van der Waals surface area contributed by atoms with E-state index in [9.17, 15) is 13.2 Å². The predicted octanol–water partition coefficient (Wildman–Crippen LogP) is 3.74. The van der Waals surface area contributed by atoms with Crippen LogP contribution in [0.15, 0.2) is 29.3 Å². The molecule has 3 nitrogen and oxygen atoms in total. The first-order valence-electron chi connectivity index (χ1n) is 6.92. The van der Waals surface area contributed by atoms with Crippen molar-refractivity contribution in [2.24, 2.45) is 10.9 Å². The molecule has 22 heavy (non-hydrogen) atoms. The van der Waals surface area contributed by atoms with Gasteiger partial charge in [0.25, 0.3) is 0 Å². The van der Waals surface area contributed by atoms with Crippen molar-refractivity contribution in [1.29, 1.82) is 0 Å². The summed E-state index contributed by atoms with van der Waals surface area (Å²) in [5.41, 5.74) is 0.195. The van der Waals surface area contributed by atoms with Crippen LogP contribution in [0.1, 0.15) is 24.5 Å². The molecule has 124 valence electrons. The van der Waals surface area contributed by atoms with Crippen molar-refractivity contribution in [2.75, 3.05) is 14.1 Å². The molecule has 2 atom stereocenters. The average molecular weight is 427 g/mol. The van der Waals surface area contributed by atoms with Crippen molar-refractivity contribution in [2.45, 2.75) is 32.1 Å². The van der Waals surface area contributed by atoms with Crippen LogP contribution in [-0.2, 0) is 12.7 Å². The second kappa shape index (κ2) is 7.52. The summed E-state index contributed by atoms with van der Waals surface area (Å²) in [5, 5.41) is 3.34. The Bertz CT molecular complexity index is 514. The van der Waals surface area contributed by atoms with Crippen LogP contribution < -0.4 is 5.32 Å². The van der Waals surface area contributed by atoms with Crippen molar-refractivity contribution in [3.05, 3.63) is 35.4 Å². The van der Waals surface area contributed by atoms with Crippen molar-refractivity contribution in [3.63, 3.8) is 0 Å². The number of nitrogens with zero attached hydrogens (tertiary/aromatic N) is 2. The zero-order valence-corrected chi connectivity index (χ0v) is 15.1. The summed E-state index contributed by atoms with van der Waals surface area (Å²) in [7, 11) is 3.58.